The first-order valence-electron chi connectivity index (χ1n) is 13.9. The van der Waals surface area contributed by atoms with E-state index in [1.54, 1.807) is 0 Å². The first-order valence-corrected chi connectivity index (χ1v) is 13.9. The van der Waals surface area contributed by atoms with Gasteiger partial charge in [-0.05, 0) is 37.3 Å². The van der Waals surface area contributed by atoms with E-state index in [0.29, 0.717) is 5.92 Å². The molecule has 1 aromatic carbocycles. The Bertz CT molecular complexity index is 1600. The molecule has 0 radical (unpaired) electrons. The van der Waals surface area contributed by atoms with Gasteiger partial charge in [0.1, 0.15) is 16.6 Å². The summed E-state index contributed by atoms with van der Waals surface area (Å²) in [4.78, 5) is 7.53. The molecule has 7 rings (SSSR count). The summed E-state index contributed by atoms with van der Waals surface area (Å²) in [5.41, 5.74) is 8.56. The average molecular weight is 526 g/mol. The van der Waals surface area contributed by atoms with Crippen molar-refractivity contribution < 1.29 is 4.74 Å². The van der Waals surface area contributed by atoms with Gasteiger partial charge in [-0.15, -0.1) is 5.10 Å². The maximum absolute atomic E-state index is 5.83. The molecule has 39 heavy (non-hydrogen) atoms. The van der Waals surface area contributed by atoms with Crippen molar-refractivity contribution in [2.45, 2.75) is 25.8 Å². The van der Waals surface area contributed by atoms with Crippen LogP contribution in [0.2, 0.25) is 0 Å². The molecule has 5 aromatic rings. The second-order valence-corrected chi connectivity index (χ2v) is 10.8. The lowest BCUT2D eigenvalue weighted by atomic mass is 9.86. The Morgan fingerprint density at radius 2 is 1.77 bits per heavy atom. The number of anilines is 1. The van der Waals surface area contributed by atoms with Crippen molar-refractivity contribution >= 4 is 27.9 Å². The van der Waals surface area contributed by atoms with Crippen LogP contribution in [-0.4, -0.2) is 73.7 Å². The van der Waals surface area contributed by atoms with Crippen LogP contribution in [0.15, 0.2) is 42.6 Å². The molecule has 0 bridgehead atoms. The van der Waals surface area contributed by atoms with E-state index in [-0.39, 0.29) is 6.04 Å². The van der Waals surface area contributed by atoms with Gasteiger partial charge in [-0.1, -0.05) is 35.5 Å². The number of ether oxygens (including phenoxy) is 1. The summed E-state index contributed by atoms with van der Waals surface area (Å²) >= 11 is 0. The lowest BCUT2D eigenvalue weighted by Gasteiger charge is -2.34. The van der Waals surface area contributed by atoms with Crippen molar-refractivity contribution in [2.75, 3.05) is 44.3 Å². The molecule has 10 heteroatoms. The standard InChI is InChI=1S/C29H35N9O/c1-19-25(36(3)34-32-19)22-17-23-24(31-18-22)27-28(29(33-35(27)2)37-13-11-30-12-14-37)38(23)26(20-7-5-4-6-8-20)21-9-15-39-16-10-21/h4-8,17-18,21,26,30H,9-16H2,1-3H3. The van der Waals surface area contributed by atoms with E-state index in [0.717, 1.165) is 91.6 Å². The molecule has 6 heterocycles. The number of nitrogens with zero attached hydrogens (tertiary/aromatic N) is 8. The molecule has 2 saturated heterocycles. The fourth-order valence-electron chi connectivity index (χ4n) is 6.60. The SMILES string of the molecule is Cc1nnn(C)c1-c1cnc2c3c(c(N4CCNCC4)nn3C)n(C(c3ccccc3)C3CCOCC3)c2c1. The molecule has 1 unspecified atom stereocenters. The van der Waals surface area contributed by atoms with Crippen LogP contribution in [0.4, 0.5) is 5.82 Å². The normalized spacial score (nSPS) is 17.9. The van der Waals surface area contributed by atoms with Gasteiger partial charge in [0.25, 0.3) is 0 Å². The van der Waals surface area contributed by atoms with E-state index >= 15 is 0 Å². The van der Waals surface area contributed by atoms with Gasteiger partial charge in [0.05, 0.1) is 22.9 Å². The molecule has 0 amide bonds. The van der Waals surface area contributed by atoms with Crippen molar-refractivity contribution in [1.29, 1.82) is 0 Å². The second kappa shape index (κ2) is 9.77. The minimum atomic E-state index is 0.128. The molecule has 2 aliphatic rings. The third kappa shape index (κ3) is 4.01. The molecule has 2 fully saturated rings. The van der Waals surface area contributed by atoms with Crippen LogP contribution in [0.3, 0.4) is 0 Å². The lowest BCUT2D eigenvalue weighted by Crippen LogP contribution is -2.44. The van der Waals surface area contributed by atoms with Gasteiger partial charge in [0, 0.05) is 65.2 Å². The van der Waals surface area contributed by atoms with E-state index in [1.165, 1.54) is 11.1 Å². The minimum Gasteiger partial charge on any atom is -0.381 e. The van der Waals surface area contributed by atoms with Gasteiger partial charge in [-0.25, -0.2) is 4.68 Å². The molecule has 202 valence electrons. The third-order valence-corrected chi connectivity index (χ3v) is 8.41. The highest BCUT2D eigenvalue weighted by Gasteiger charge is 2.34. The largest absolute Gasteiger partial charge is 0.381 e. The van der Waals surface area contributed by atoms with Gasteiger partial charge >= 0.3 is 0 Å². The van der Waals surface area contributed by atoms with Crippen LogP contribution in [0.1, 0.15) is 30.1 Å². The van der Waals surface area contributed by atoms with E-state index in [9.17, 15) is 0 Å². The van der Waals surface area contributed by atoms with Crippen LogP contribution in [-0.2, 0) is 18.8 Å². The van der Waals surface area contributed by atoms with Crippen molar-refractivity contribution in [3.8, 4) is 11.3 Å². The Kier molecular flexibility index (Phi) is 6.08. The number of rotatable bonds is 5. The summed E-state index contributed by atoms with van der Waals surface area (Å²) < 4.78 is 12.2. The number of aryl methyl sites for hydroxylation is 3. The van der Waals surface area contributed by atoms with Crippen LogP contribution < -0.4 is 10.2 Å². The smallest absolute Gasteiger partial charge is 0.175 e. The maximum atomic E-state index is 5.83. The zero-order valence-corrected chi connectivity index (χ0v) is 22.8. The zero-order chi connectivity index (χ0) is 26.5. The third-order valence-electron chi connectivity index (χ3n) is 8.41. The van der Waals surface area contributed by atoms with Gasteiger partial charge in [-0.2, -0.15) is 5.10 Å². The number of hydrogen-bond acceptors (Lipinski definition) is 7. The van der Waals surface area contributed by atoms with Gasteiger partial charge in [0.15, 0.2) is 5.82 Å². The molecule has 2 aliphatic heterocycles. The van der Waals surface area contributed by atoms with E-state index in [1.807, 2.05) is 29.5 Å². The Morgan fingerprint density at radius 1 is 1.00 bits per heavy atom. The molecular weight excluding hydrogens is 490 g/mol. The monoisotopic (exact) mass is 525 g/mol. The summed E-state index contributed by atoms with van der Waals surface area (Å²) in [5.74, 6) is 1.47. The number of pyridine rings is 1. The number of fused-ring (bicyclic) bond motifs is 3. The predicted molar refractivity (Wildman–Crippen MR) is 152 cm³/mol. The molecule has 0 aliphatic carbocycles. The fraction of sp³-hybridized carbons (Fsp3) is 0.448. The highest BCUT2D eigenvalue weighted by molar-refractivity contribution is 6.09. The molecular formula is C29H35N9O. The number of aromatic nitrogens is 7. The van der Waals surface area contributed by atoms with E-state index in [4.69, 9.17) is 14.8 Å². The number of nitrogens with one attached hydrogen (secondary N) is 1. The second-order valence-electron chi connectivity index (χ2n) is 10.8. The first-order chi connectivity index (χ1) is 19.1. The number of benzene rings is 1. The fourth-order valence-corrected chi connectivity index (χ4v) is 6.60. The summed E-state index contributed by atoms with van der Waals surface area (Å²) in [6, 6.07) is 13.4. The van der Waals surface area contributed by atoms with Gasteiger partial charge in [-0.3, -0.25) is 9.67 Å². The topological polar surface area (TPSA) is 90.9 Å². The van der Waals surface area contributed by atoms with Crippen molar-refractivity contribution in [2.24, 2.45) is 20.0 Å². The molecule has 1 atom stereocenters. The molecule has 0 saturated carbocycles. The maximum Gasteiger partial charge on any atom is 0.175 e. The summed E-state index contributed by atoms with van der Waals surface area (Å²) in [7, 11) is 3.99. The number of piperazine rings is 1. The van der Waals surface area contributed by atoms with Gasteiger partial charge < -0.3 is 19.5 Å². The summed E-state index contributed by atoms with van der Waals surface area (Å²) in [6.07, 6.45) is 3.99. The summed E-state index contributed by atoms with van der Waals surface area (Å²) in [5, 5.41) is 17.2. The molecule has 10 nitrogen and oxygen atoms in total. The van der Waals surface area contributed by atoms with Crippen LogP contribution >= 0.6 is 0 Å². The average Bonchev–Trinajstić information content (AvgIpc) is 3.61. The van der Waals surface area contributed by atoms with Crippen molar-refractivity contribution in [1.82, 2.24) is 39.6 Å². The van der Waals surface area contributed by atoms with Crippen LogP contribution in [0.25, 0.3) is 33.3 Å². The van der Waals surface area contributed by atoms with Gasteiger partial charge in [0.2, 0.25) is 0 Å². The molecule has 4 aromatic heterocycles. The van der Waals surface area contributed by atoms with Crippen molar-refractivity contribution in [3.63, 3.8) is 0 Å². The Labute approximate surface area is 227 Å². The number of hydrogen-bond donors (Lipinski definition) is 1. The van der Waals surface area contributed by atoms with Crippen LogP contribution in [0.5, 0.6) is 0 Å². The first kappa shape index (κ1) is 24.3. The lowest BCUT2D eigenvalue weighted by molar-refractivity contribution is 0.0553. The summed E-state index contributed by atoms with van der Waals surface area (Å²) in [6.45, 7) is 7.35. The molecule has 1 N–H and O–H groups in total. The Balaban J connectivity index is 1.55. The molecule has 0 spiro atoms. The predicted octanol–water partition coefficient (Wildman–Crippen LogP) is 3.45. The Morgan fingerprint density at radius 3 is 2.49 bits per heavy atom. The minimum absolute atomic E-state index is 0.128. The zero-order valence-electron chi connectivity index (χ0n) is 22.8. The van der Waals surface area contributed by atoms with Crippen LogP contribution in [0, 0.1) is 12.8 Å². The highest BCUT2D eigenvalue weighted by atomic mass is 16.5. The van der Waals surface area contributed by atoms with E-state index in [2.05, 4.69) is 68.5 Å². The Hall–Kier alpha value is -3.76. The van der Waals surface area contributed by atoms with Crippen molar-refractivity contribution in [3.05, 3.63) is 53.9 Å². The highest BCUT2D eigenvalue weighted by Crippen LogP contribution is 2.43. The van der Waals surface area contributed by atoms with E-state index < -0.39 is 0 Å². The quantitative estimate of drug-likeness (QED) is 0.376.